The van der Waals surface area contributed by atoms with Crippen LogP contribution in [-0.4, -0.2) is 35.4 Å². The minimum absolute atomic E-state index is 0.00363. The smallest absolute Gasteiger partial charge is 0.340 e. The third-order valence-corrected chi connectivity index (χ3v) is 5.13. The minimum atomic E-state index is -0.371. The molecule has 0 unspecified atom stereocenters. The van der Waals surface area contributed by atoms with E-state index in [1.54, 1.807) is 20.8 Å². The third-order valence-electron chi connectivity index (χ3n) is 5.13. The molecule has 1 fully saturated rings. The van der Waals surface area contributed by atoms with Crippen LogP contribution in [-0.2, 0) is 4.74 Å². The lowest BCUT2D eigenvalue weighted by molar-refractivity contribution is 0.0525. The lowest BCUT2D eigenvalue weighted by Gasteiger charge is -2.31. The second-order valence-electron chi connectivity index (χ2n) is 6.97. The molecule has 134 valence electrons. The molecule has 0 aliphatic heterocycles. The van der Waals surface area contributed by atoms with Gasteiger partial charge >= 0.3 is 5.97 Å². The van der Waals surface area contributed by atoms with Crippen molar-refractivity contribution in [3.63, 3.8) is 0 Å². The predicted octanol–water partition coefficient (Wildman–Crippen LogP) is 3.55. The fraction of sp³-hybridized carbons (Fsp3) is 0.684. The van der Waals surface area contributed by atoms with Crippen LogP contribution in [0.5, 0.6) is 0 Å². The number of esters is 1. The summed E-state index contributed by atoms with van der Waals surface area (Å²) in [6.45, 7) is 9.86. The maximum absolute atomic E-state index is 12.8. The number of hydrogen-bond acceptors (Lipinski definition) is 4. The van der Waals surface area contributed by atoms with Crippen LogP contribution < -0.4 is 5.32 Å². The molecule has 0 aromatic carbocycles. The van der Waals surface area contributed by atoms with Crippen LogP contribution in [0.1, 0.15) is 78.6 Å². The van der Waals surface area contributed by atoms with Gasteiger partial charge in [-0.2, -0.15) is 0 Å². The van der Waals surface area contributed by atoms with Crippen molar-refractivity contribution < 1.29 is 14.3 Å². The highest BCUT2D eigenvalue weighted by molar-refractivity contribution is 6.03. The lowest BCUT2D eigenvalue weighted by Crippen LogP contribution is -2.46. The molecule has 1 heterocycles. The number of carbonyl (C=O) groups excluding carboxylic acids is 2. The van der Waals surface area contributed by atoms with E-state index in [9.17, 15) is 9.59 Å². The van der Waals surface area contributed by atoms with Crippen molar-refractivity contribution in [3.8, 4) is 0 Å². The van der Waals surface area contributed by atoms with Gasteiger partial charge in [-0.15, -0.1) is 0 Å². The van der Waals surface area contributed by atoms with Gasteiger partial charge in [0.25, 0.3) is 0 Å². The molecule has 3 atom stereocenters. The van der Waals surface area contributed by atoms with Gasteiger partial charge in [0.05, 0.1) is 23.9 Å². The number of H-pyrrole nitrogens is 1. The number of Topliss-reactive ketones (excluding diaryl/α,β-unsaturated/α-hetero) is 1. The second kappa shape index (κ2) is 7.97. The van der Waals surface area contributed by atoms with Crippen molar-refractivity contribution in [1.82, 2.24) is 10.3 Å². The number of carbonyl (C=O) groups is 2. The van der Waals surface area contributed by atoms with Gasteiger partial charge in [-0.3, -0.25) is 4.79 Å². The largest absolute Gasteiger partial charge is 0.462 e. The predicted molar refractivity (Wildman–Crippen MR) is 94.6 cm³/mol. The maximum Gasteiger partial charge on any atom is 0.340 e. The zero-order chi connectivity index (χ0) is 17.9. The van der Waals surface area contributed by atoms with Crippen LogP contribution in [0.15, 0.2) is 0 Å². The molecule has 1 aromatic rings. The van der Waals surface area contributed by atoms with E-state index in [0.717, 1.165) is 6.42 Å². The molecule has 2 N–H and O–H groups in total. The van der Waals surface area contributed by atoms with E-state index in [1.165, 1.54) is 19.3 Å². The fourth-order valence-electron chi connectivity index (χ4n) is 3.68. The number of ether oxygens (including phenoxy) is 1. The Labute approximate surface area is 144 Å². The number of ketones is 1. The highest BCUT2D eigenvalue weighted by atomic mass is 16.5. The van der Waals surface area contributed by atoms with E-state index in [0.29, 0.717) is 41.1 Å². The van der Waals surface area contributed by atoms with Gasteiger partial charge in [0, 0.05) is 11.7 Å². The monoisotopic (exact) mass is 334 g/mol. The van der Waals surface area contributed by atoms with Gasteiger partial charge in [0.2, 0.25) is 0 Å². The molecule has 0 radical (unpaired) electrons. The van der Waals surface area contributed by atoms with Crippen molar-refractivity contribution in [3.05, 3.63) is 22.5 Å². The molecular weight excluding hydrogens is 304 g/mol. The van der Waals surface area contributed by atoms with Crippen LogP contribution in [0.4, 0.5) is 0 Å². The summed E-state index contributed by atoms with van der Waals surface area (Å²) in [4.78, 5) is 28.0. The first-order valence-corrected chi connectivity index (χ1v) is 9.03. The Morgan fingerprint density at radius 2 is 1.96 bits per heavy atom. The van der Waals surface area contributed by atoms with Gasteiger partial charge in [0.15, 0.2) is 5.78 Å². The summed E-state index contributed by atoms with van der Waals surface area (Å²) < 4.78 is 5.09. The fourth-order valence-corrected chi connectivity index (χ4v) is 3.68. The van der Waals surface area contributed by atoms with Crippen molar-refractivity contribution in [1.29, 1.82) is 0 Å². The zero-order valence-electron chi connectivity index (χ0n) is 15.5. The van der Waals surface area contributed by atoms with E-state index >= 15 is 0 Å². The summed E-state index contributed by atoms with van der Waals surface area (Å²) in [6.07, 6.45) is 4.83. The molecule has 0 spiro atoms. The highest BCUT2D eigenvalue weighted by Gasteiger charge is 2.29. The van der Waals surface area contributed by atoms with Crippen molar-refractivity contribution >= 4 is 11.8 Å². The molecule has 5 nitrogen and oxygen atoms in total. The molecule has 0 saturated heterocycles. The Morgan fingerprint density at radius 3 is 2.58 bits per heavy atom. The Balaban J connectivity index is 2.14. The van der Waals surface area contributed by atoms with Crippen molar-refractivity contribution in [2.45, 2.75) is 72.4 Å². The first-order chi connectivity index (χ1) is 11.4. The van der Waals surface area contributed by atoms with Crippen LogP contribution in [0.2, 0.25) is 0 Å². The topological polar surface area (TPSA) is 71.2 Å². The average Bonchev–Trinajstić information content (AvgIpc) is 2.83. The van der Waals surface area contributed by atoms with E-state index in [4.69, 9.17) is 4.74 Å². The van der Waals surface area contributed by atoms with Crippen molar-refractivity contribution in [2.24, 2.45) is 5.92 Å². The molecule has 5 heteroatoms. The second-order valence-corrected chi connectivity index (χ2v) is 6.97. The number of nitrogens with one attached hydrogen (secondary N) is 2. The quantitative estimate of drug-likeness (QED) is 0.616. The SMILES string of the molecule is CCOC(=O)c1c(C)[nH]c(C(=O)[C@@H](C)N[C@H]2CCCC[C@@H]2C)c1C. The number of hydrogen-bond donors (Lipinski definition) is 2. The zero-order valence-corrected chi connectivity index (χ0v) is 15.5. The van der Waals surface area contributed by atoms with Gasteiger partial charge in [0.1, 0.15) is 0 Å². The van der Waals surface area contributed by atoms with E-state index in [1.807, 2.05) is 6.92 Å². The average molecular weight is 334 g/mol. The van der Waals surface area contributed by atoms with E-state index < -0.39 is 0 Å². The molecule has 1 aliphatic carbocycles. The molecule has 1 aromatic heterocycles. The van der Waals surface area contributed by atoms with Crippen LogP contribution in [0.3, 0.4) is 0 Å². The summed E-state index contributed by atoms with van der Waals surface area (Å²) in [5.41, 5.74) is 2.37. The van der Waals surface area contributed by atoms with Crippen LogP contribution in [0.25, 0.3) is 0 Å². The van der Waals surface area contributed by atoms with Crippen LogP contribution >= 0.6 is 0 Å². The molecule has 24 heavy (non-hydrogen) atoms. The molecule has 2 rings (SSSR count). The summed E-state index contributed by atoms with van der Waals surface area (Å²) in [6, 6.07) is 0.112. The summed E-state index contributed by atoms with van der Waals surface area (Å²) >= 11 is 0. The molecular formula is C19H30N2O3. The molecule has 1 saturated carbocycles. The normalized spacial score (nSPS) is 22.2. The van der Waals surface area contributed by atoms with Crippen LogP contribution in [0, 0.1) is 19.8 Å². The van der Waals surface area contributed by atoms with E-state index in [2.05, 4.69) is 17.2 Å². The minimum Gasteiger partial charge on any atom is -0.462 e. The standard InChI is InChI=1S/C19H30N2O3/c1-6-24-19(23)16-12(3)17(21-13(16)4)18(22)14(5)20-15-10-8-7-9-11(15)2/h11,14-15,20-21H,6-10H2,1-5H3/t11-,14+,15-/m0/s1. The Hall–Kier alpha value is -1.62. The first-order valence-electron chi connectivity index (χ1n) is 9.03. The Kier molecular flexibility index (Phi) is 6.21. The highest BCUT2D eigenvalue weighted by Crippen LogP contribution is 2.25. The van der Waals surface area contributed by atoms with E-state index in [-0.39, 0.29) is 17.8 Å². The number of aryl methyl sites for hydroxylation is 1. The van der Waals surface area contributed by atoms with Crippen molar-refractivity contribution in [2.75, 3.05) is 6.61 Å². The molecule has 0 amide bonds. The Bertz CT molecular complexity index is 606. The number of aromatic amines is 1. The molecule has 0 bridgehead atoms. The van der Waals surface area contributed by atoms with Gasteiger partial charge in [-0.05, 0) is 52.0 Å². The first kappa shape index (κ1) is 18.7. The maximum atomic E-state index is 12.8. The van der Waals surface area contributed by atoms with Gasteiger partial charge < -0.3 is 15.0 Å². The molecule has 1 aliphatic rings. The van der Waals surface area contributed by atoms with Gasteiger partial charge in [-0.1, -0.05) is 19.8 Å². The summed E-state index contributed by atoms with van der Waals surface area (Å²) in [7, 11) is 0. The third kappa shape index (κ3) is 3.89. The summed E-state index contributed by atoms with van der Waals surface area (Å²) in [5, 5.41) is 3.49. The summed E-state index contributed by atoms with van der Waals surface area (Å²) in [5.74, 6) is 0.226. The van der Waals surface area contributed by atoms with Gasteiger partial charge in [-0.25, -0.2) is 4.79 Å². The lowest BCUT2D eigenvalue weighted by atomic mass is 9.85. The number of aromatic nitrogens is 1. The Morgan fingerprint density at radius 1 is 1.29 bits per heavy atom. The number of rotatable bonds is 6.